The average molecular weight is 274 g/mol. The van der Waals surface area contributed by atoms with Crippen LogP contribution in [0.15, 0.2) is 24.4 Å². The maximum atomic E-state index is 12.9. The van der Waals surface area contributed by atoms with Gasteiger partial charge in [-0.2, -0.15) is 0 Å². The van der Waals surface area contributed by atoms with Crippen molar-refractivity contribution in [3.8, 4) is 11.4 Å². The summed E-state index contributed by atoms with van der Waals surface area (Å²) in [6.45, 7) is 5.53. The van der Waals surface area contributed by atoms with Gasteiger partial charge in [-0.15, -0.1) is 0 Å². The quantitative estimate of drug-likeness (QED) is 0.931. The number of carbonyl (C=O) groups is 1. The second kappa shape index (κ2) is 5.36. The van der Waals surface area contributed by atoms with Crippen LogP contribution in [0.3, 0.4) is 0 Å². The zero-order valence-corrected chi connectivity index (χ0v) is 11.5. The fourth-order valence-electron chi connectivity index (χ4n) is 2.01. The third-order valence-corrected chi connectivity index (χ3v) is 2.99. The first-order valence-corrected chi connectivity index (χ1v) is 6.27. The van der Waals surface area contributed by atoms with Gasteiger partial charge in [0.05, 0.1) is 28.8 Å². The number of nitrogens with zero attached hydrogens (tertiary/aromatic N) is 2. The van der Waals surface area contributed by atoms with E-state index in [0.29, 0.717) is 22.6 Å². The molecular formula is C15H15FN2O2. The predicted octanol–water partition coefficient (Wildman–Crippen LogP) is 3.41. The molecule has 4 nitrogen and oxygen atoms in total. The molecule has 0 aliphatic rings. The Morgan fingerprint density at radius 1 is 1.35 bits per heavy atom. The number of halogens is 1. The van der Waals surface area contributed by atoms with Gasteiger partial charge >= 0.3 is 5.97 Å². The van der Waals surface area contributed by atoms with E-state index in [1.807, 2.05) is 13.8 Å². The van der Waals surface area contributed by atoms with E-state index in [4.69, 9.17) is 0 Å². The molecule has 2 aromatic heterocycles. The van der Waals surface area contributed by atoms with E-state index in [0.717, 1.165) is 6.20 Å². The highest BCUT2D eigenvalue weighted by Gasteiger charge is 2.18. The van der Waals surface area contributed by atoms with Gasteiger partial charge in [0.2, 0.25) is 0 Å². The van der Waals surface area contributed by atoms with Crippen molar-refractivity contribution in [1.82, 2.24) is 9.97 Å². The molecule has 0 bridgehead atoms. The summed E-state index contributed by atoms with van der Waals surface area (Å²) in [7, 11) is 0. The van der Waals surface area contributed by atoms with Crippen LogP contribution in [0, 0.1) is 12.7 Å². The molecule has 1 N–H and O–H groups in total. The lowest BCUT2D eigenvalue weighted by Crippen LogP contribution is -2.09. The zero-order chi connectivity index (χ0) is 14.9. The Hall–Kier alpha value is -2.30. The molecule has 2 aromatic rings. The smallest absolute Gasteiger partial charge is 0.337 e. The molecule has 0 fully saturated rings. The molecule has 0 spiro atoms. The van der Waals surface area contributed by atoms with E-state index in [1.165, 1.54) is 12.1 Å². The van der Waals surface area contributed by atoms with Gasteiger partial charge in [-0.25, -0.2) is 14.2 Å². The Morgan fingerprint density at radius 2 is 2.05 bits per heavy atom. The topological polar surface area (TPSA) is 63.1 Å². The summed E-state index contributed by atoms with van der Waals surface area (Å²) in [5, 5.41) is 9.23. The minimum atomic E-state index is -0.997. The van der Waals surface area contributed by atoms with E-state index in [9.17, 15) is 14.3 Å². The summed E-state index contributed by atoms with van der Waals surface area (Å²) in [4.78, 5) is 19.7. The number of aryl methyl sites for hydroxylation is 1. The van der Waals surface area contributed by atoms with Gasteiger partial charge < -0.3 is 5.11 Å². The van der Waals surface area contributed by atoms with Crippen molar-refractivity contribution >= 4 is 5.97 Å². The fraction of sp³-hybridized carbons (Fsp3) is 0.267. The standard InChI is InChI=1S/C15H15FN2O2/c1-8(2)13-11(15(19)20)6-9(3)14(18-13)12-5-4-10(16)7-17-12/h4-8H,1-3H3,(H,19,20). The lowest BCUT2D eigenvalue weighted by atomic mass is 10.00. The fourth-order valence-corrected chi connectivity index (χ4v) is 2.01. The van der Waals surface area contributed by atoms with Crippen molar-refractivity contribution in [2.24, 2.45) is 0 Å². The van der Waals surface area contributed by atoms with Crippen molar-refractivity contribution in [2.45, 2.75) is 26.7 Å². The van der Waals surface area contributed by atoms with Crippen molar-refractivity contribution in [2.75, 3.05) is 0 Å². The molecule has 0 atom stereocenters. The third-order valence-electron chi connectivity index (χ3n) is 2.99. The second-order valence-electron chi connectivity index (χ2n) is 4.91. The molecule has 0 aliphatic heterocycles. The van der Waals surface area contributed by atoms with Crippen LogP contribution in [0.25, 0.3) is 11.4 Å². The van der Waals surface area contributed by atoms with Crippen LogP contribution in [0.2, 0.25) is 0 Å². The summed E-state index contributed by atoms with van der Waals surface area (Å²) in [5.74, 6) is -1.44. The number of rotatable bonds is 3. The first-order valence-electron chi connectivity index (χ1n) is 6.27. The second-order valence-corrected chi connectivity index (χ2v) is 4.91. The molecule has 0 saturated carbocycles. The Bertz CT molecular complexity index is 652. The number of aromatic nitrogens is 2. The lowest BCUT2D eigenvalue weighted by molar-refractivity contribution is 0.0694. The van der Waals surface area contributed by atoms with E-state index in [-0.39, 0.29) is 11.5 Å². The largest absolute Gasteiger partial charge is 0.478 e. The van der Waals surface area contributed by atoms with E-state index in [2.05, 4.69) is 9.97 Å². The average Bonchev–Trinajstić information content (AvgIpc) is 2.39. The summed E-state index contributed by atoms with van der Waals surface area (Å²) >= 11 is 0. The number of aromatic carboxylic acids is 1. The number of pyridine rings is 2. The first-order chi connectivity index (χ1) is 9.40. The number of carboxylic acids is 1. The summed E-state index contributed by atoms with van der Waals surface area (Å²) in [6, 6.07) is 4.43. The van der Waals surface area contributed by atoms with Crippen LogP contribution in [0.1, 0.15) is 41.4 Å². The van der Waals surface area contributed by atoms with E-state index in [1.54, 1.807) is 13.0 Å². The van der Waals surface area contributed by atoms with Crippen LogP contribution in [0.4, 0.5) is 4.39 Å². The Labute approximate surface area is 116 Å². The zero-order valence-electron chi connectivity index (χ0n) is 11.5. The SMILES string of the molecule is Cc1cc(C(=O)O)c(C(C)C)nc1-c1ccc(F)cn1. The number of carboxylic acid groups (broad SMARTS) is 1. The molecule has 2 rings (SSSR count). The minimum Gasteiger partial charge on any atom is -0.478 e. The predicted molar refractivity (Wildman–Crippen MR) is 73.2 cm³/mol. The van der Waals surface area contributed by atoms with E-state index < -0.39 is 11.8 Å². The highest BCUT2D eigenvalue weighted by molar-refractivity contribution is 5.90. The highest BCUT2D eigenvalue weighted by atomic mass is 19.1. The van der Waals surface area contributed by atoms with E-state index >= 15 is 0 Å². The van der Waals surface area contributed by atoms with Crippen LogP contribution >= 0.6 is 0 Å². The van der Waals surface area contributed by atoms with Crippen molar-refractivity contribution in [3.63, 3.8) is 0 Å². The first kappa shape index (κ1) is 14.1. The molecule has 0 unspecified atom stereocenters. The molecule has 0 aliphatic carbocycles. The molecule has 2 heterocycles. The lowest BCUT2D eigenvalue weighted by Gasteiger charge is -2.13. The van der Waals surface area contributed by atoms with Gasteiger partial charge in [0.25, 0.3) is 0 Å². The van der Waals surface area contributed by atoms with Gasteiger partial charge in [-0.05, 0) is 36.6 Å². The Balaban J connectivity index is 2.63. The summed E-state index contributed by atoms with van der Waals surface area (Å²) in [5.41, 5.74) is 2.51. The molecule has 0 amide bonds. The third kappa shape index (κ3) is 2.66. The molecule has 0 saturated heterocycles. The highest BCUT2D eigenvalue weighted by Crippen LogP contribution is 2.26. The number of hydrogen-bond acceptors (Lipinski definition) is 3. The molecule has 0 radical (unpaired) electrons. The van der Waals surface area contributed by atoms with Gasteiger partial charge in [0.1, 0.15) is 5.82 Å². The van der Waals surface area contributed by atoms with Gasteiger partial charge in [0, 0.05) is 0 Å². The maximum Gasteiger partial charge on any atom is 0.337 e. The van der Waals surface area contributed by atoms with Crippen molar-refractivity contribution in [3.05, 3.63) is 47.0 Å². The Kier molecular flexibility index (Phi) is 3.79. The van der Waals surface area contributed by atoms with Crippen LogP contribution in [0.5, 0.6) is 0 Å². The van der Waals surface area contributed by atoms with Gasteiger partial charge in [-0.3, -0.25) is 4.98 Å². The normalized spacial score (nSPS) is 10.8. The molecule has 5 heteroatoms. The maximum absolute atomic E-state index is 12.9. The Morgan fingerprint density at radius 3 is 2.55 bits per heavy atom. The molecule has 0 aromatic carbocycles. The summed E-state index contributed by atoms with van der Waals surface area (Å²) < 4.78 is 12.9. The van der Waals surface area contributed by atoms with Crippen LogP contribution < -0.4 is 0 Å². The number of hydrogen-bond donors (Lipinski definition) is 1. The van der Waals surface area contributed by atoms with Crippen LogP contribution in [-0.4, -0.2) is 21.0 Å². The van der Waals surface area contributed by atoms with Crippen molar-refractivity contribution < 1.29 is 14.3 Å². The molecule has 20 heavy (non-hydrogen) atoms. The van der Waals surface area contributed by atoms with Gasteiger partial charge in [-0.1, -0.05) is 13.8 Å². The van der Waals surface area contributed by atoms with Crippen LogP contribution in [-0.2, 0) is 0 Å². The minimum absolute atomic E-state index is 0.0269. The van der Waals surface area contributed by atoms with Gasteiger partial charge in [0.15, 0.2) is 0 Å². The van der Waals surface area contributed by atoms with Crippen molar-refractivity contribution in [1.29, 1.82) is 0 Å². The molecular weight excluding hydrogens is 259 g/mol. The monoisotopic (exact) mass is 274 g/mol. The molecule has 104 valence electrons. The summed E-state index contributed by atoms with van der Waals surface area (Å²) in [6.07, 6.45) is 1.12.